The highest BCUT2D eigenvalue weighted by molar-refractivity contribution is 7.99. The number of carbonyl (C=O) groups is 1. The Morgan fingerprint density at radius 2 is 2.29 bits per heavy atom. The topological polar surface area (TPSA) is 46.3 Å². The molecule has 3 nitrogen and oxygen atoms in total. The standard InChI is InChI=1S/C10H18N2OS/c11-10(13)8-2-1-4-12(6-8)9-3-5-14-7-9/h8-9H,1-7H2,(H2,11,13). The summed E-state index contributed by atoms with van der Waals surface area (Å²) in [7, 11) is 0. The molecule has 2 aliphatic heterocycles. The van der Waals surface area contributed by atoms with Crippen molar-refractivity contribution in [2.75, 3.05) is 24.6 Å². The van der Waals surface area contributed by atoms with Gasteiger partial charge >= 0.3 is 0 Å². The summed E-state index contributed by atoms with van der Waals surface area (Å²) >= 11 is 2.03. The number of nitrogens with zero attached hydrogens (tertiary/aromatic N) is 1. The van der Waals surface area contributed by atoms with Gasteiger partial charge in [0.1, 0.15) is 0 Å². The molecule has 2 saturated heterocycles. The fraction of sp³-hybridized carbons (Fsp3) is 0.900. The van der Waals surface area contributed by atoms with Crippen molar-refractivity contribution in [3.63, 3.8) is 0 Å². The van der Waals surface area contributed by atoms with Crippen LogP contribution in [0.5, 0.6) is 0 Å². The van der Waals surface area contributed by atoms with Gasteiger partial charge in [-0.3, -0.25) is 9.69 Å². The first-order chi connectivity index (χ1) is 6.77. The summed E-state index contributed by atoms with van der Waals surface area (Å²) in [6, 6.07) is 0.710. The second kappa shape index (κ2) is 4.53. The zero-order chi connectivity index (χ0) is 9.97. The lowest BCUT2D eigenvalue weighted by molar-refractivity contribution is -0.123. The van der Waals surface area contributed by atoms with Gasteiger partial charge in [-0.05, 0) is 31.6 Å². The molecule has 2 N–H and O–H groups in total. The zero-order valence-corrected chi connectivity index (χ0v) is 9.26. The monoisotopic (exact) mass is 214 g/mol. The van der Waals surface area contributed by atoms with E-state index in [1.165, 1.54) is 17.9 Å². The van der Waals surface area contributed by atoms with Crippen LogP contribution in [0.25, 0.3) is 0 Å². The predicted molar refractivity (Wildman–Crippen MR) is 59.2 cm³/mol. The van der Waals surface area contributed by atoms with E-state index in [1.54, 1.807) is 0 Å². The molecule has 0 aromatic heterocycles. The minimum atomic E-state index is -0.111. The van der Waals surface area contributed by atoms with Gasteiger partial charge in [-0.2, -0.15) is 11.8 Å². The summed E-state index contributed by atoms with van der Waals surface area (Å²) in [6.07, 6.45) is 3.41. The van der Waals surface area contributed by atoms with Gasteiger partial charge in [0.2, 0.25) is 5.91 Å². The molecule has 2 aliphatic rings. The fourth-order valence-electron chi connectivity index (χ4n) is 2.38. The van der Waals surface area contributed by atoms with Gasteiger partial charge in [-0.1, -0.05) is 0 Å². The van der Waals surface area contributed by atoms with E-state index in [2.05, 4.69) is 4.90 Å². The Hall–Kier alpha value is -0.220. The number of nitrogens with two attached hydrogens (primary N) is 1. The fourth-order valence-corrected chi connectivity index (χ4v) is 3.64. The molecule has 2 rings (SSSR count). The molecule has 2 unspecified atom stereocenters. The molecule has 2 atom stereocenters. The number of rotatable bonds is 2. The first kappa shape index (κ1) is 10.3. The summed E-state index contributed by atoms with van der Waals surface area (Å²) in [4.78, 5) is 13.6. The number of hydrogen-bond acceptors (Lipinski definition) is 3. The molecule has 2 fully saturated rings. The lowest BCUT2D eigenvalue weighted by Crippen LogP contribution is -2.46. The van der Waals surface area contributed by atoms with Gasteiger partial charge < -0.3 is 5.73 Å². The second-order valence-electron chi connectivity index (χ2n) is 4.25. The van der Waals surface area contributed by atoms with Crippen molar-refractivity contribution in [1.29, 1.82) is 0 Å². The lowest BCUT2D eigenvalue weighted by atomic mass is 9.96. The third kappa shape index (κ3) is 2.23. The van der Waals surface area contributed by atoms with Crippen LogP contribution in [0.15, 0.2) is 0 Å². The van der Waals surface area contributed by atoms with Gasteiger partial charge in [0.15, 0.2) is 0 Å². The van der Waals surface area contributed by atoms with Crippen molar-refractivity contribution in [3.8, 4) is 0 Å². The van der Waals surface area contributed by atoms with Gasteiger partial charge in [0.05, 0.1) is 5.92 Å². The maximum Gasteiger partial charge on any atom is 0.221 e. The summed E-state index contributed by atoms with van der Waals surface area (Å²) < 4.78 is 0. The van der Waals surface area contributed by atoms with Gasteiger partial charge in [0, 0.05) is 18.3 Å². The van der Waals surface area contributed by atoms with Crippen LogP contribution < -0.4 is 5.73 Å². The van der Waals surface area contributed by atoms with E-state index in [0.717, 1.165) is 25.9 Å². The van der Waals surface area contributed by atoms with E-state index in [4.69, 9.17) is 5.73 Å². The average molecular weight is 214 g/mol. The predicted octanol–water partition coefficient (Wildman–Crippen LogP) is 0.689. The Morgan fingerprint density at radius 1 is 1.43 bits per heavy atom. The first-order valence-electron chi connectivity index (χ1n) is 5.38. The van der Waals surface area contributed by atoms with Crippen LogP contribution in [0.4, 0.5) is 0 Å². The quantitative estimate of drug-likeness (QED) is 0.735. The molecule has 0 aromatic rings. The third-order valence-corrected chi connectivity index (χ3v) is 4.42. The third-order valence-electron chi connectivity index (χ3n) is 3.28. The highest BCUT2D eigenvalue weighted by atomic mass is 32.2. The minimum Gasteiger partial charge on any atom is -0.369 e. The van der Waals surface area contributed by atoms with Crippen LogP contribution >= 0.6 is 11.8 Å². The smallest absolute Gasteiger partial charge is 0.221 e. The Kier molecular flexibility index (Phi) is 3.34. The first-order valence-corrected chi connectivity index (χ1v) is 6.54. The molecule has 4 heteroatoms. The van der Waals surface area contributed by atoms with E-state index < -0.39 is 0 Å². The number of carbonyl (C=O) groups excluding carboxylic acids is 1. The summed E-state index contributed by atoms with van der Waals surface area (Å²) in [5.74, 6) is 2.52. The molecule has 0 aliphatic carbocycles. The normalized spacial score (nSPS) is 34.6. The highest BCUT2D eigenvalue weighted by Crippen LogP contribution is 2.26. The van der Waals surface area contributed by atoms with Gasteiger partial charge in [-0.15, -0.1) is 0 Å². The molecular weight excluding hydrogens is 196 g/mol. The van der Waals surface area contributed by atoms with Crippen molar-refractivity contribution in [2.45, 2.75) is 25.3 Å². The Balaban J connectivity index is 1.89. The molecule has 2 heterocycles. The average Bonchev–Trinajstić information content (AvgIpc) is 2.71. The van der Waals surface area contributed by atoms with E-state index in [1.807, 2.05) is 11.8 Å². The number of thioether (sulfide) groups is 1. The van der Waals surface area contributed by atoms with Gasteiger partial charge in [-0.25, -0.2) is 0 Å². The van der Waals surface area contributed by atoms with Crippen molar-refractivity contribution < 1.29 is 4.79 Å². The van der Waals surface area contributed by atoms with Crippen molar-refractivity contribution in [1.82, 2.24) is 4.90 Å². The molecule has 0 spiro atoms. The van der Waals surface area contributed by atoms with Crippen LogP contribution in [-0.2, 0) is 4.79 Å². The molecular formula is C10H18N2OS. The maximum absolute atomic E-state index is 11.1. The molecule has 80 valence electrons. The second-order valence-corrected chi connectivity index (χ2v) is 5.40. The largest absolute Gasteiger partial charge is 0.369 e. The van der Waals surface area contributed by atoms with Gasteiger partial charge in [0.25, 0.3) is 0 Å². The lowest BCUT2D eigenvalue weighted by Gasteiger charge is -2.35. The summed E-state index contributed by atoms with van der Waals surface area (Å²) in [5.41, 5.74) is 5.36. The number of hydrogen-bond donors (Lipinski definition) is 1. The minimum absolute atomic E-state index is 0.106. The van der Waals surface area contributed by atoms with Crippen molar-refractivity contribution in [3.05, 3.63) is 0 Å². The molecule has 1 amide bonds. The molecule has 0 saturated carbocycles. The summed E-state index contributed by atoms with van der Waals surface area (Å²) in [6.45, 7) is 2.07. The van der Waals surface area contributed by atoms with Crippen LogP contribution in [0, 0.1) is 5.92 Å². The maximum atomic E-state index is 11.1. The van der Waals surface area contributed by atoms with Crippen molar-refractivity contribution in [2.24, 2.45) is 11.7 Å². The molecule has 0 radical (unpaired) electrons. The SMILES string of the molecule is NC(=O)C1CCCN(C2CCSC2)C1. The van der Waals surface area contributed by atoms with Crippen LogP contribution in [0.1, 0.15) is 19.3 Å². The Bertz CT molecular complexity index is 216. The van der Waals surface area contributed by atoms with E-state index in [0.29, 0.717) is 6.04 Å². The van der Waals surface area contributed by atoms with Crippen LogP contribution in [0.3, 0.4) is 0 Å². The number of amides is 1. The number of primary amides is 1. The number of likely N-dealkylation sites (tertiary alicyclic amines) is 1. The van der Waals surface area contributed by atoms with Crippen LogP contribution in [0.2, 0.25) is 0 Å². The van der Waals surface area contributed by atoms with E-state index >= 15 is 0 Å². The molecule has 14 heavy (non-hydrogen) atoms. The molecule has 0 bridgehead atoms. The highest BCUT2D eigenvalue weighted by Gasteiger charge is 2.30. The Labute approximate surface area is 89.4 Å². The Morgan fingerprint density at radius 3 is 2.93 bits per heavy atom. The number of piperidine rings is 1. The van der Waals surface area contributed by atoms with E-state index in [9.17, 15) is 4.79 Å². The van der Waals surface area contributed by atoms with Crippen molar-refractivity contribution >= 4 is 17.7 Å². The van der Waals surface area contributed by atoms with Crippen LogP contribution in [-0.4, -0.2) is 41.4 Å². The summed E-state index contributed by atoms with van der Waals surface area (Å²) in [5, 5.41) is 0. The molecule has 0 aromatic carbocycles. The van der Waals surface area contributed by atoms with E-state index in [-0.39, 0.29) is 11.8 Å². The zero-order valence-electron chi connectivity index (χ0n) is 8.45.